The molecule has 0 amide bonds. The van der Waals surface area contributed by atoms with Crippen LogP contribution in [0.1, 0.15) is 17.3 Å². The Kier molecular flexibility index (Phi) is 5.62. The second-order valence-electron chi connectivity index (χ2n) is 6.89. The SMILES string of the molecule is CCOC(=O)c1c(-c2ccccc2)cc(-c2ccccc2)c(-c2ccccc2)c1O. The van der Waals surface area contributed by atoms with Gasteiger partial charge in [0, 0.05) is 11.1 Å². The smallest absolute Gasteiger partial charge is 0.342 e. The Morgan fingerprint density at radius 2 is 1.20 bits per heavy atom. The number of phenols is 1. The summed E-state index contributed by atoms with van der Waals surface area (Å²) in [5, 5.41) is 11.4. The van der Waals surface area contributed by atoms with Crippen LogP contribution in [0.25, 0.3) is 33.4 Å². The zero-order valence-corrected chi connectivity index (χ0v) is 16.7. The second-order valence-corrected chi connectivity index (χ2v) is 6.89. The van der Waals surface area contributed by atoms with Gasteiger partial charge in [0.15, 0.2) is 0 Å². The van der Waals surface area contributed by atoms with Crippen LogP contribution >= 0.6 is 0 Å². The first kappa shape index (κ1) is 19.5. The molecule has 30 heavy (non-hydrogen) atoms. The predicted octanol–water partition coefficient (Wildman–Crippen LogP) is 6.57. The van der Waals surface area contributed by atoms with Gasteiger partial charge in [-0.25, -0.2) is 4.79 Å². The minimum absolute atomic E-state index is 0.0696. The molecule has 0 unspecified atom stereocenters. The van der Waals surface area contributed by atoms with E-state index in [1.807, 2.05) is 97.1 Å². The van der Waals surface area contributed by atoms with Gasteiger partial charge in [-0.2, -0.15) is 0 Å². The number of rotatable bonds is 5. The molecule has 3 heteroatoms. The van der Waals surface area contributed by atoms with E-state index in [-0.39, 0.29) is 17.9 Å². The van der Waals surface area contributed by atoms with E-state index >= 15 is 0 Å². The zero-order valence-electron chi connectivity index (χ0n) is 16.7. The zero-order chi connectivity index (χ0) is 20.9. The van der Waals surface area contributed by atoms with Gasteiger partial charge < -0.3 is 9.84 Å². The first-order chi connectivity index (χ1) is 14.7. The Labute approximate surface area is 176 Å². The fraction of sp³-hybridized carbons (Fsp3) is 0.0741. The van der Waals surface area contributed by atoms with Crippen LogP contribution in [0.4, 0.5) is 0 Å². The Morgan fingerprint density at radius 3 is 1.70 bits per heavy atom. The lowest BCUT2D eigenvalue weighted by Crippen LogP contribution is -2.08. The van der Waals surface area contributed by atoms with Crippen LogP contribution in [0.2, 0.25) is 0 Å². The normalized spacial score (nSPS) is 10.6. The molecule has 148 valence electrons. The summed E-state index contributed by atoms with van der Waals surface area (Å²) in [6, 6.07) is 31.1. The summed E-state index contributed by atoms with van der Waals surface area (Å²) in [6.45, 7) is 1.99. The summed E-state index contributed by atoms with van der Waals surface area (Å²) in [4.78, 5) is 12.9. The first-order valence-electron chi connectivity index (χ1n) is 9.94. The molecule has 0 atom stereocenters. The van der Waals surface area contributed by atoms with Crippen molar-refractivity contribution < 1.29 is 14.6 Å². The molecular formula is C27H22O3. The van der Waals surface area contributed by atoms with Crippen molar-refractivity contribution in [1.29, 1.82) is 0 Å². The molecule has 4 aromatic carbocycles. The number of phenolic OH excluding ortho intramolecular Hbond substituents is 1. The fourth-order valence-corrected chi connectivity index (χ4v) is 3.67. The molecule has 1 N–H and O–H groups in total. The molecule has 0 aliphatic carbocycles. The maximum absolute atomic E-state index is 12.9. The number of carbonyl (C=O) groups is 1. The molecule has 0 bridgehead atoms. The van der Waals surface area contributed by atoms with E-state index < -0.39 is 5.97 Å². The Bertz CT molecular complexity index is 1150. The fourth-order valence-electron chi connectivity index (χ4n) is 3.67. The van der Waals surface area contributed by atoms with Crippen LogP contribution in [0.5, 0.6) is 5.75 Å². The van der Waals surface area contributed by atoms with Crippen molar-refractivity contribution in [3.05, 3.63) is 103 Å². The third kappa shape index (κ3) is 3.70. The molecule has 0 saturated carbocycles. The summed E-state index contributed by atoms with van der Waals surface area (Å²) in [5.41, 5.74) is 4.92. The highest BCUT2D eigenvalue weighted by Gasteiger charge is 2.25. The van der Waals surface area contributed by atoms with Crippen molar-refractivity contribution in [2.45, 2.75) is 6.92 Å². The van der Waals surface area contributed by atoms with E-state index in [1.54, 1.807) is 6.92 Å². The molecule has 0 aliphatic heterocycles. The average molecular weight is 394 g/mol. The number of carbonyl (C=O) groups excluding carboxylic acids is 1. The largest absolute Gasteiger partial charge is 0.506 e. The quantitative estimate of drug-likeness (QED) is 0.389. The van der Waals surface area contributed by atoms with Crippen molar-refractivity contribution in [2.24, 2.45) is 0 Å². The van der Waals surface area contributed by atoms with Gasteiger partial charge in [-0.15, -0.1) is 0 Å². The maximum atomic E-state index is 12.9. The second kappa shape index (κ2) is 8.66. The molecule has 4 aromatic rings. The van der Waals surface area contributed by atoms with Gasteiger partial charge in [-0.1, -0.05) is 91.0 Å². The van der Waals surface area contributed by atoms with Crippen molar-refractivity contribution in [1.82, 2.24) is 0 Å². The maximum Gasteiger partial charge on any atom is 0.342 e. The highest BCUT2D eigenvalue weighted by atomic mass is 16.5. The van der Waals surface area contributed by atoms with Gasteiger partial charge >= 0.3 is 5.97 Å². The standard InChI is InChI=1S/C27H22O3/c1-2-30-27(29)25-23(20-14-8-4-9-15-20)18-22(19-12-6-3-7-13-19)24(26(25)28)21-16-10-5-11-17-21/h3-18,28H,2H2,1H3. The van der Waals surface area contributed by atoms with Crippen LogP contribution < -0.4 is 0 Å². The first-order valence-corrected chi connectivity index (χ1v) is 9.94. The van der Waals surface area contributed by atoms with Crippen LogP contribution in [-0.4, -0.2) is 17.7 Å². The Morgan fingerprint density at radius 1 is 0.733 bits per heavy atom. The van der Waals surface area contributed by atoms with Gasteiger partial charge in [0.2, 0.25) is 0 Å². The van der Waals surface area contributed by atoms with E-state index in [0.717, 1.165) is 22.3 Å². The van der Waals surface area contributed by atoms with Crippen molar-refractivity contribution in [3.63, 3.8) is 0 Å². The van der Waals surface area contributed by atoms with Gasteiger partial charge in [0.1, 0.15) is 11.3 Å². The van der Waals surface area contributed by atoms with Gasteiger partial charge in [0.05, 0.1) is 6.61 Å². The van der Waals surface area contributed by atoms with E-state index in [2.05, 4.69) is 0 Å². The third-order valence-electron chi connectivity index (χ3n) is 5.01. The summed E-state index contributed by atoms with van der Waals surface area (Å²) in [5.74, 6) is -0.606. The van der Waals surface area contributed by atoms with Crippen LogP contribution in [0.3, 0.4) is 0 Å². The monoisotopic (exact) mass is 394 g/mol. The van der Waals surface area contributed by atoms with Gasteiger partial charge in [0.25, 0.3) is 0 Å². The third-order valence-corrected chi connectivity index (χ3v) is 5.01. The number of aromatic hydroxyl groups is 1. The average Bonchev–Trinajstić information content (AvgIpc) is 2.80. The Balaban J connectivity index is 2.09. The summed E-state index contributed by atoms with van der Waals surface area (Å²) < 4.78 is 5.31. The number of benzene rings is 4. The Hall–Kier alpha value is -3.85. The topological polar surface area (TPSA) is 46.5 Å². The molecule has 0 radical (unpaired) electrons. The minimum Gasteiger partial charge on any atom is -0.506 e. The molecule has 0 aliphatic rings. The number of esters is 1. The molecule has 0 aromatic heterocycles. The molecule has 3 nitrogen and oxygen atoms in total. The molecule has 0 saturated heterocycles. The van der Waals surface area contributed by atoms with Crippen LogP contribution in [0, 0.1) is 0 Å². The van der Waals surface area contributed by atoms with Crippen molar-refractivity contribution >= 4 is 5.97 Å². The highest BCUT2D eigenvalue weighted by Crippen LogP contribution is 2.45. The number of ether oxygens (including phenoxy) is 1. The van der Waals surface area contributed by atoms with E-state index in [9.17, 15) is 9.90 Å². The number of hydrogen-bond donors (Lipinski definition) is 1. The van der Waals surface area contributed by atoms with Crippen LogP contribution in [0.15, 0.2) is 97.1 Å². The van der Waals surface area contributed by atoms with Crippen LogP contribution in [-0.2, 0) is 4.74 Å². The lowest BCUT2D eigenvalue weighted by atomic mass is 9.86. The molecule has 0 fully saturated rings. The van der Waals surface area contributed by atoms with Gasteiger partial charge in [-0.05, 0) is 35.2 Å². The lowest BCUT2D eigenvalue weighted by molar-refractivity contribution is 0.0524. The highest BCUT2D eigenvalue weighted by molar-refractivity contribution is 6.06. The molecule has 0 spiro atoms. The van der Waals surface area contributed by atoms with Crippen molar-refractivity contribution in [2.75, 3.05) is 6.61 Å². The molecule has 4 rings (SSSR count). The minimum atomic E-state index is -0.536. The van der Waals surface area contributed by atoms with Crippen molar-refractivity contribution in [3.8, 4) is 39.1 Å². The molecular weight excluding hydrogens is 372 g/mol. The number of hydrogen-bond acceptors (Lipinski definition) is 3. The lowest BCUT2D eigenvalue weighted by Gasteiger charge is -2.19. The van der Waals surface area contributed by atoms with E-state index in [0.29, 0.717) is 11.1 Å². The van der Waals surface area contributed by atoms with E-state index in [4.69, 9.17) is 4.74 Å². The predicted molar refractivity (Wildman–Crippen MR) is 120 cm³/mol. The summed E-state index contributed by atoms with van der Waals surface area (Å²) >= 11 is 0. The summed E-state index contributed by atoms with van der Waals surface area (Å²) in [7, 11) is 0. The van der Waals surface area contributed by atoms with Gasteiger partial charge in [-0.3, -0.25) is 0 Å². The van der Waals surface area contributed by atoms with E-state index in [1.165, 1.54) is 0 Å². The molecule has 0 heterocycles. The summed E-state index contributed by atoms with van der Waals surface area (Å²) in [6.07, 6.45) is 0.